The van der Waals surface area contributed by atoms with Gasteiger partial charge in [0.15, 0.2) is 0 Å². The zero-order valence-corrected chi connectivity index (χ0v) is 16.3. The van der Waals surface area contributed by atoms with Crippen molar-refractivity contribution in [3.63, 3.8) is 0 Å². The third-order valence-electron chi connectivity index (χ3n) is 5.78. The summed E-state index contributed by atoms with van der Waals surface area (Å²) < 4.78 is 5.31. The van der Waals surface area contributed by atoms with Crippen molar-refractivity contribution >= 4 is 5.91 Å². The van der Waals surface area contributed by atoms with E-state index in [4.69, 9.17) is 4.74 Å². The summed E-state index contributed by atoms with van der Waals surface area (Å²) in [6, 6.07) is 9.74. The monoisotopic (exact) mass is 381 g/mol. The van der Waals surface area contributed by atoms with E-state index in [1.165, 1.54) is 6.42 Å². The number of amides is 1. The summed E-state index contributed by atoms with van der Waals surface area (Å²) in [4.78, 5) is 30.5. The van der Waals surface area contributed by atoms with Crippen molar-refractivity contribution in [3.05, 3.63) is 63.1 Å². The summed E-state index contributed by atoms with van der Waals surface area (Å²) in [5.74, 6) is 0.618. The number of piperazine rings is 1. The molecule has 0 spiro atoms. The molecule has 4 rings (SSSR count). The van der Waals surface area contributed by atoms with E-state index in [1.807, 2.05) is 30.3 Å². The van der Waals surface area contributed by atoms with E-state index in [0.29, 0.717) is 19.6 Å². The molecule has 1 aromatic carbocycles. The number of ether oxygens (including phenoxy) is 1. The number of fused-ring (bicyclic) bond motifs is 1. The summed E-state index contributed by atoms with van der Waals surface area (Å²) in [7, 11) is 1.65. The molecule has 1 fully saturated rings. The predicted octanol–water partition coefficient (Wildman–Crippen LogP) is 2.44. The number of hydrogen-bond donors (Lipinski definition) is 2. The predicted molar refractivity (Wildman–Crippen MR) is 108 cm³/mol. The molecule has 1 aliphatic heterocycles. The van der Waals surface area contributed by atoms with Gasteiger partial charge >= 0.3 is 0 Å². The molecule has 2 N–H and O–H groups in total. The number of H-pyrrole nitrogens is 1. The number of methoxy groups -OCH3 is 1. The molecule has 6 heteroatoms. The number of rotatable bonds is 3. The van der Waals surface area contributed by atoms with E-state index in [9.17, 15) is 9.59 Å². The number of carbonyl (C=O) groups excluding carboxylic acids is 1. The average Bonchev–Trinajstić information content (AvgIpc) is 2.97. The molecular weight excluding hydrogens is 354 g/mol. The van der Waals surface area contributed by atoms with Gasteiger partial charge in [0, 0.05) is 25.3 Å². The van der Waals surface area contributed by atoms with Crippen LogP contribution in [-0.2, 0) is 12.8 Å². The lowest BCUT2D eigenvalue weighted by Gasteiger charge is -2.34. The molecule has 1 saturated heterocycles. The fourth-order valence-corrected chi connectivity index (χ4v) is 4.20. The Kier molecular flexibility index (Phi) is 5.48. The molecule has 6 nitrogen and oxygen atoms in total. The first-order valence-corrected chi connectivity index (χ1v) is 10.1. The number of benzene rings is 1. The molecule has 2 aliphatic rings. The average molecular weight is 381 g/mol. The Hall–Kier alpha value is -2.60. The fraction of sp³-hybridized carbons (Fsp3) is 0.455. The molecule has 0 saturated carbocycles. The van der Waals surface area contributed by atoms with Crippen LogP contribution in [0.15, 0.2) is 35.1 Å². The van der Waals surface area contributed by atoms with E-state index in [1.54, 1.807) is 12.0 Å². The Morgan fingerprint density at radius 1 is 1.18 bits per heavy atom. The van der Waals surface area contributed by atoms with Gasteiger partial charge in [-0.05, 0) is 55.0 Å². The lowest BCUT2D eigenvalue weighted by atomic mass is 10.0. The van der Waals surface area contributed by atoms with Crippen molar-refractivity contribution in [1.82, 2.24) is 15.2 Å². The van der Waals surface area contributed by atoms with E-state index in [-0.39, 0.29) is 23.1 Å². The van der Waals surface area contributed by atoms with Crippen LogP contribution in [0.3, 0.4) is 0 Å². The Morgan fingerprint density at radius 2 is 2.04 bits per heavy atom. The summed E-state index contributed by atoms with van der Waals surface area (Å²) in [6.45, 7) is 1.81. The van der Waals surface area contributed by atoms with Gasteiger partial charge in [0.05, 0.1) is 13.2 Å². The first-order valence-electron chi connectivity index (χ1n) is 10.1. The Labute approximate surface area is 164 Å². The smallest absolute Gasteiger partial charge is 0.261 e. The molecule has 0 bridgehead atoms. The molecule has 2 heterocycles. The normalized spacial score (nSPS) is 19.6. The number of hydrogen-bond acceptors (Lipinski definition) is 4. The van der Waals surface area contributed by atoms with Crippen LogP contribution in [0.4, 0.5) is 0 Å². The van der Waals surface area contributed by atoms with E-state index < -0.39 is 0 Å². The lowest BCUT2D eigenvalue weighted by molar-refractivity contribution is 0.0701. The van der Waals surface area contributed by atoms with Crippen LogP contribution in [-0.4, -0.2) is 42.5 Å². The summed E-state index contributed by atoms with van der Waals surface area (Å²) >= 11 is 0. The van der Waals surface area contributed by atoms with Gasteiger partial charge in [0.1, 0.15) is 11.3 Å². The Balaban J connectivity index is 1.56. The molecule has 1 unspecified atom stereocenters. The van der Waals surface area contributed by atoms with E-state index >= 15 is 0 Å². The SMILES string of the molecule is COc1cccc(C2CN(C(=O)c3cc4c([nH]c3=O)CCCCC4)CCN2)c1. The zero-order chi connectivity index (χ0) is 19.5. The molecule has 1 amide bonds. The number of aryl methyl sites for hydroxylation is 2. The van der Waals surface area contributed by atoms with Gasteiger partial charge in [0.25, 0.3) is 11.5 Å². The molecule has 1 aromatic heterocycles. The summed E-state index contributed by atoms with van der Waals surface area (Å²) in [6.07, 6.45) is 5.19. The van der Waals surface area contributed by atoms with Gasteiger partial charge in [-0.15, -0.1) is 0 Å². The number of aromatic nitrogens is 1. The fourth-order valence-electron chi connectivity index (χ4n) is 4.20. The highest BCUT2D eigenvalue weighted by molar-refractivity contribution is 5.94. The number of pyridine rings is 1. The minimum absolute atomic E-state index is 0.0210. The molecule has 1 atom stereocenters. The van der Waals surface area contributed by atoms with Crippen LogP contribution in [0, 0.1) is 0 Å². The standard InChI is InChI=1S/C22H27N3O3/c1-28-17-8-5-7-15(12-17)20-14-25(11-10-23-20)22(27)18-13-16-6-3-2-4-9-19(16)24-21(18)26/h5,7-8,12-13,20,23H,2-4,6,9-11,14H2,1H3,(H,24,26). The molecule has 148 valence electrons. The zero-order valence-electron chi connectivity index (χ0n) is 16.3. The van der Waals surface area contributed by atoms with Crippen LogP contribution in [0.2, 0.25) is 0 Å². The summed E-state index contributed by atoms with van der Waals surface area (Å²) in [5, 5.41) is 3.46. The Bertz CT molecular complexity index is 921. The van der Waals surface area contributed by atoms with Crippen molar-refractivity contribution in [2.75, 3.05) is 26.7 Å². The quantitative estimate of drug-likeness (QED) is 0.801. The van der Waals surface area contributed by atoms with Crippen molar-refractivity contribution in [2.24, 2.45) is 0 Å². The third-order valence-corrected chi connectivity index (χ3v) is 5.78. The minimum atomic E-state index is -0.262. The van der Waals surface area contributed by atoms with Crippen molar-refractivity contribution in [3.8, 4) is 5.75 Å². The minimum Gasteiger partial charge on any atom is -0.497 e. The maximum Gasteiger partial charge on any atom is 0.261 e. The topological polar surface area (TPSA) is 74.4 Å². The number of carbonyl (C=O) groups is 1. The van der Waals surface area contributed by atoms with Crippen LogP contribution in [0.25, 0.3) is 0 Å². The van der Waals surface area contributed by atoms with E-state index in [0.717, 1.165) is 48.3 Å². The van der Waals surface area contributed by atoms with Gasteiger partial charge in [-0.2, -0.15) is 0 Å². The third kappa shape index (κ3) is 3.83. The first kappa shape index (κ1) is 18.7. The van der Waals surface area contributed by atoms with Crippen molar-refractivity contribution < 1.29 is 9.53 Å². The molecule has 1 aliphatic carbocycles. The molecule has 0 radical (unpaired) electrons. The van der Waals surface area contributed by atoms with Crippen molar-refractivity contribution in [1.29, 1.82) is 0 Å². The highest BCUT2D eigenvalue weighted by atomic mass is 16.5. The maximum atomic E-state index is 13.1. The second kappa shape index (κ2) is 8.19. The summed E-state index contributed by atoms with van der Waals surface area (Å²) in [5.41, 5.74) is 3.22. The largest absolute Gasteiger partial charge is 0.497 e. The maximum absolute atomic E-state index is 13.1. The second-order valence-electron chi connectivity index (χ2n) is 7.61. The van der Waals surface area contributed by atoms with Crippen LogP contribution in [0.1, 0.15) is 52.5 Å². The number of aromatic amines is 1. The molecular formula is C22H27N3O3. The van der Waals surface area contributed by atoms with Crippen LogP contribution < -0.4 is 15.6 Å². The van der Waals surface area contributed by atoms with Gasteiger partial charge in [-0.3, -0.25) is 9.59 Å². The Morgan fingerprint density at radius 3 is 2.89 bits per heavy atom. The highest BCUT2D eigenvalue weighted by Gasteiger charge is 2.27. The van der Waals surface area contributed by atoms with Gasteiger partial charge < -0.3 is 19.9 Å². The van der Waals surface area contributed by atoms with Crippen LogP contribution >= 0.6 is 0 Å². The number of nitrogens with zero attached hydrogens (tertiary/aromatic N) is 1. The van der Waals surface area contributed by atoms with Gasteiger partial charge in [-0.1, -0.05) is 18.6 Å². The van der Waals surface area contributed by atoms with Gasteiger partial charge in [0.2, 0.25) is 0 Å². The second-order valence-corrected chi connectivity index (χ2v) is 7.61. The van der Waals surface area contributed by atoms with E-state index in [2.05, 4.69) is 10.3 Å². The van der Waals surface area contributed by atoms with Crippen LogP contribution in [0.5, 0.6) is 5.75 Å². The molecule has 28 heavy (non-hydrogen) atoms. The highest BCUT2D eigenvalue weighted by Crippen LogP contribution is 2.23. The number of nitrogens with one attached hydrogen (secondary N) is 2. The first-order chi connectivity index (χ1) is 13.7. The lowest BCUT2D eigenvalue weighted by Crippen LogP contribution is -2.49. The van der Waals surface area contributed by atoms with Crippen molar-refractivity contribution in [2.45, 2.75) is 38.1 Å². The molecule has 2 aromatic rings. The van der Waals surface area contributed by atoms with Gasteiger partial charge in [-0.25, -0.2) is 0 Å².